The Morgan fingerprint density at radius 3 is 3.00 bits per heavy atom. The van der Waals surface area contributed by atoms with Gasteiger partial charge in [0, 0.05) is 24.5 Å². The summed E-state index contributed by atoms with van der Waals surface area (Å²) in [4.78, 5) is 11.8. The minimum atomic E-state index is 0. The van der Waals surface area contributed by atoms with E-state index in [1.54, 1.807) is 11.8 Å². The first kappa shape index (κ1) is 18.3. The number of aliphatic imine (C=N–C) groups is 2. The fraction of sp³-hybridized carbons (Fsp3) is 0.714. The summed E-state index contributed by atoms with van der Waals surface area (Å²) >= 11 is 3.64. The van der Waals surface area contributed by atoms with Gasteiger partial charge >= 0.3 is 0 Å². The minimum Gasteiger partial charge on any atom is -0.360 e. The van der Waals surface area contributed by atoms with Crippen molar-refractivity contribution in [2.75, 3.05) is 18.8 Å². The predicted molar refractivity (Wildman–Crippen MR) is 103 cm³/mol. The second kappa shape index (κ2) is 8.18. The fourth-order valence-electron chi connectivity index (χ4n) is 3.25. The molecule has 0 bridgehead atoms. The van der Waals surface area contributed by atoms with Gasteiger partial charge in [0.25, 0.3) is 0 Å². The van der Waals surface area contributed by atoms with Gasteiger partial charge in [-0.1, -0.05) is 36.4 Å². The van der Waals surface area contributed by atoms with Crippen LogP contribution in [0.1, 0.15) is 32.1 Å². The van der Waals surface area contributed by atoms with Crippen LogP contribution in [0.25, 0.3) is 0 Å². The molecule has 0 spiro atoms. The molecule has 0 aromatic carbocycles. The molecule has 0 aromatic heterocycles. The highest BCUT2D eigenvalue weighted by atomic mass is 35.5. The summed E-state index contributed by atoms with van der Waals surface area (Å²) < 4.78 is 0. The SMILES string of the molecule is C1=C(CSC2=N[C@@H]3CCCC[C@H]3N2)N2CCCN=C2S1.Cl.Cl. The number of nitrogens with one attached hydrogen (secondary N) is 1. The van der Waals surface area contributed by atoms with Gasteiger partial charge in [0.1, 0.15) is 0 Å². The van der Waals surface area contributed by atoms with E-state index in [2.05, 4.69) is 20.6 Å². The Kier molecular flexibility index (Phi) is 6.80. The van der Waals surface area contributed by atoms with E-state index in [1.807, 2.05) is 11.8 Å². The van der Waals surface area contributed by atoms with Crippen LogP contribution in [0, 0.1) is 0 Å². The fourth-order valence-corrected chi connectivity index (χ4v) is 5.28. The molecule has 3 heterocycles. The summed E-state index contributed by atoms with van der Waals surface area (Å²) in [5.41, 5.74) is 1.40. The number of amidine groups is 2. The average molecular weight is 381 g/mol. The van der Waals surface area contributed by atoms with Crippen LogP contribution in [0.5, 0.6) is 0 Å². The summed E-state index contributed by atoms with van der Waals surface area (Å²) in [6.07, 6.45) is 6.44. The van der Waals surface area contributed by atoms with Gasteiger partial charge in [-0.15, -0.1) is 24.8 Å². The van der Waals surface area contributed by atoms with Crippen LogP contribution in [0.2, 0.25) is 0 Å². The van der Waals surface area contributed by atoms with Gasteiger partial charge in [-0.2, -0.15) is 0 Å². The molecule has 22 heavy (non-hydrogen) atoms. The molecule has 0 aromatic rings. The third-order valence-electron chi connectivity index (χ3n) is 4.34. The van der Waals surface area contributed by atoms with Crippen LogP contribution in [-0.4, -0.2) is 46.2 Å². The number of fused-ring (bicyclic) bond motifs is 2. The Bertz CT molecular complexity index is 495. The molecule has 3 aliphatic heterocycles. The van der Waals surface area contributed by atoms with E-state index in [0.717, 1.165) is 24.0 Å². The van der Waals surface area contributed by atoms with Crippen LogP contribution < -0.4 is 5.32 Å². The zero-order valence-electron chi connectivity index (χ0n) is 12.4. The minimum absolute atomic E-state index is 0. The highest BCUT2D eigenvalue weighted by molar-refractivity contribution is 8.17. The van der Waals surface area contributed by atoms with Crippen molar-refractivity contribution in [2.24, 2.45) is 9.98 Å². The molecule has 124 valence electrons. The molecule has 4 aliphatic rings. The Labute approximate surface area is 152 Å². The van der Waals surface area contributed by atoms with Gasteiger partial charge in [0.2, 0.25) is 0 Å². The zero-order valence-corrected chi connectivity index (χ0v) is 15.6. The first-order valence-corrected chi connectivity index (χ1v) is 9.41. The number of rotatable bonds is 2. The molecule has 0 saturated heterocycles. The van der Waals surface area contributed by atoms with Crippen LogP contribution in [0.15, 0.2) is 21.1 Å². The zero-order chi connectivity index (χ0) is 13.4. The molecule has 1 N–H and O–H groups in total. The molecule has 4 nitrogen and oxygen atoms in total. The molecule has 0 radical (unpaired) electrons. The van der Waals surface area contributed by atoms with E-state index < -0.39 is 0 Å². The Morgan fingerprint density at radius 2 is 2.14 bits per heavy atom. The summed E-state index contributed by atoms with van der Waals surface area (Å²) in [5.74, 6) is 1.01. The predicted octanol–water partition coefficient (Wildman–Crippen LogP) is 3.48. The topological polar surface area (TPSA) is 40.0 Å². The summed E-state index contributed by atoms with van der Waals surface area (Å²) in [5, 5.41) is 8.24. The van der Waals surface area contributed by atoms with E-state index >= 15 is 0 Å². The largest absolute Gasteiger partial charge is 0.360 e. The van der Waals surface area contributed by atoms with Crippen LogP contribution in [-0.2, 0) is 0 Å². The van der Waals surface area contributed by atoms with Gasteiger partial charge in [-0.3, -0.25) is 9.98 Å². The molecule has 1 aliphatic carbocycles. The van der Waals surface area contributed by atoms with Crippen molar-refractivity contribution in [2.45, 2.75) is 44.2 Å². The van der Waals surface area contributed by atoms with Crippen LogP contribution in [0.3, 0.4) is 0 Å². The number of hydrogen-bond acceptors (Lipinski definition) is 6. The summed E-state index contributed by atoms with van der Waals surface area (Å²) in [7, 11) is 0. The Balaban J connectivity index is 0.000000882. The first-order chi connectivity index (χ1) is 9.90. The maximum Gasteiger partial charge on any atom is 0.167 e. The third-order valence-corrected chi connectivity index (χ3v) is 6.23. The number of nitrogens with zero attached hydrogens (tertiary/aromatic N) is 3. The maximum atomic E-state index is 4.86. The number of thioether (sulfide) groups is 2. The molecule has 4 rings (SSSR count). The van der Waals surface area contributed by atoms with Gasteiger partial charge < -0.3 is 10.2 Å². The van der Waals surface area contributed by atoms with Crippen LogP contribution in [0.4, 0.5) is 0 Å². The molecule has 1 fully saturated rings. The summed E-state index contributed by atoms with van der Waals surface area (Å²) in [6, 6.07) is 1.16. The van der Waals surface area contributed by atoms with E-state index in [0.29, 0.717) is 12.1 Å². The van der Waals surface area contributed by atoms with Gasteiger partial charge in [-0.05, 0) is 24.7 Å². The molecule has 1 saturated carbocycles. The van der Waals surface area contributed by atoms with Gasteiger partial charge in [-0.25, -0.2) is 0 Å². The lowest BCUT2D eigenvalue weighted by atomic mass is 9.92. The molecule has 0 unspecified atom stereocenters. The lowest BCUT2D eigenvalue weighted by Crippen LogP contribution is -2.36. The molecular weight excluding hydrogens is 359 g/mol. The van der Waals surface area contributed by atoms with E-state index in [9.17, 15) is 0 Å². The van der Waals surface area contributed by atoms with E-state index in [-0.39, 0.29) is 24.8 Å². The van der Waals surface area contributed by atoms with E-state index in [4.69, 9.17) is 4.99 Å². The van der Waals surface area contributed by atoms with Crippen molar-refractivity contribution >= 4 is 58.7 Å². The number of hydrogen-bond donors (Lipinski definition) is 1. The summed E-state index contributed by atoms with van der Waals surface area (Å²) in [6.45, 7) is 2.12. The molecule has 2 atom stereocenters. The van der Waals surface area contributed by atoms with E-state index in [1.165, 1.54) is 43.0 Å². The quantitative estimate of drug-likeness (QED) is 0.795. The van der Waals surface area contributed by atoms with Crippen molar-refractivity contribution < 1.29 is 0 Å². The smallest absolute Gasteiger partial charge is 0.167 e. The molecular formula is C14H22Cl2N4S2. The molecule has 8 heteroatoms. The number of halogens is 2. The van der Waals surface area contributed by atoms with Crippen LogP contribution >= 0.6 is 48.3 Å². The Hall–Kier alpha value is -0.0400. The first-order valence-electron chi connectivity index (χ1n) is 7.55. The van der Waals surface area contributed by atoms with Gasteiger partial charge in [0.05, 0.1) is 12.1 Å². The second-order valence-corrected chi connectivity index (χ2v) is 7.52. The highest BCUT2D eigenvalue weighted by Gasteiger charge is 2.31. The third kappa shape index (κ3) is 3.71. The van der Waals surface area contributed by atoms with Crippen molar-refractivity contribution in [3.05, 3.63) is 11.1 Å². The molecule has 0 amide bonds. The van der Waals surface area contributed by atoms with Crippen molar-refractivity contribution in [3.8, 4) is 0 Å². The maximum absolute atomic E-state index is 4.86. The van der Waals surface area contributed by atoms with Gasteiger partial charge in [0.15, 0.2) is 10.3 Å². The average Bonchev–Trinajstić information content (AvgIpc) is 3.08. The lowest BCUT2D eigenvalue weighted by molar-refractivity contribution is 0.385. The Morgan fingerprint density at radius 1 is 1.27 bits per heavy atom. The van der Waals surface area contributed by atoms with Crippen molar-refractivity contribution in [1.29, 1.82) is 0 Å². The standard InChI is InChI=1S/C14H20N4S2.2ClH/c1-2-5-12-11(4-1)16-13(17-12)19-8-10-9-20-14-15-6-3-7-18(10)14;;/h9,11-12H,1-8H2,(H,16,17);2*1H/t11-,12-;;/m1../s1. The van der Waals surface area contributed by atoms with Crippen molar-refractivity contribution in [3.63, 3.8) is 0 Å². The highest BCUT2D eigenvalue weighted by Crippen LogP contribution is 2.32. The lowest BCUT2D eigenvalue weighted by Gasteiger charge is -2.25. The monoisotopic (exact) mass is 380 g/mol. The second-order valence-electron chi connectivity index (χ2n) is 5.72. The van der Waals surface area contributed by atoms with Crippen molar-refractivity contribution in [1.82, 2.24) is 10.2 Å². The normalized spacial score (nSPS) is 29.1.